The maximum atomic E-state index is 12.4. The van der Waals surface area contributed by atoms with Gasteiger partial charge in [-0.3, -0.25) is 4.79 Å². The number of benzene rings is 2. The van der Waals surface area contributed by atoms with Crippen LogP contribution in [-0.2, 0) is 12.8 Å². The van der Waals surface area contributed by atoms with Crippen molar-refractivity contribution in [1.82, 2.24) is 0 Å². The molecule has 120 valence electrons. The summed E-state index contributed by atoms with van der Waals surface area (Å²) >= 11 is 5.87. The predicted molar refractivity (Wildman–Crippen MR) is 93.7 cm³/mol. The second-order valence-electron chi connectivity index (χ2n) is 5.84. The van der Waals surface area contributed by atoms with Gasteiger partial charge in [-0.1, -0.05) is 18.0 Å². The molecule has 0 fully saturated rings. The summed E-state index contributed by atoms with van der Waals surface area (Å²) in [5, 5.41) is 3.58. The van der Waals surface area contributed by atoms with Crippen molar-refractivity contribution < 1.29 is 9.53 Å². The van der Waals surface area contributed by atoms with E-state index in [1.54, 1.807) is 31.4 Å². The van der Waals surface area contributed by atoms with E-state index in [4.69, 9.17) is 16.3 Å². The van der Waals surface area contributed by atoms with Gasteiger partial charge in [0.25, 0.3) is 5.91 Å². The smallest absolute Gasteiger partial charge is 0.255 e. The lowest BCUT2D eigenvalue weighted by Crippen LogP contribution is -2.13. The molecule has 0 spiro atoms. The first kappa shape index (κ1) is 15.9. The van der Waals surface area contributed by atoms with Crippen LogP contribution in [0.15, 0.2) is 36.4 Å². The zero-order valence-corrected chi connectivity index (χ0v) is 14.0. The van der Waals surface area contributed by atoms with E-state index in [1.807, 2.05) is 0 Å². The lowest BCUT2D eigenvalue weighted by atomic mass is 10.0. The number of rotatable bonds is 3. The first-order valence-corrected chi connectivity index (χ1v) is 8.32. The highest BCUT2D eigenvalue weighted by atomic mass is 35.5. The van der Waals surface area contributed by atoms with Crippen LogP contribution in [0.25, 0.3) is 0 Å². The molecule has 0 unspecified atom stereocenters. The highest BCUT2D eigenvalue weighted by Gasteiger charge is 2.15. The van der Waals surface area contributed by atoms with Crippen LogP contribution in [0.2, 0.25) is 5.02 Å². The van der Waals surface area contributed by atoms with Gasteiger partial charge in [0, 0.05) is 10.6 Å². The van der Waals surface area contributed by atoms with E-state index in [9.17, 15) is 4.79 Å². The molecule has 0 radical (unpaired) electrons. The fraction of sp³-hybridized carbons (Fsp3) is 0.316. The van der Waals surface area contributed by atoms with E-state index in [0.29, 0.717) is 16.3 Å². The number of carbonyl (C=O) groups excluding carboxylic acids is 1. The summed E-state index contributed by atoms with van der Waals surface area (Å²) < 4.78 is 5.47. The largest absolute Gasteiger partial charge is 0.495 e. The second-order valence-corrected chi connectivity index (χ2v) is 6.28. The van der Waals surface area contributed by atoms with Gasteiger partial charge in [-0.25, -0.2) is 0 Å². The second kappa shape index (κ2) is 7.05. The fourth-order valence-corrected chi connectivity index (χ4v) is 3.13. The summed E-state index contributed by atoms with van der Waals surface area (Å²) in [6.07, 6.45) is 5.81. The van der Waals surface area contributed by atoms with Crippen LogP contribution in [-0.4, -0.2) is 13.0 Å². The minimum Gasteiger partial charge on any atom is -0.495 e. The molecule has 1 aliphatic rings. The molecule has 0 atom stereocenters. The Morgan fingerprint density at radius 1 is 1.04 bits per heavy atom. The minimum absolute atomic E-state index is 0.159. The molecule has 0 heterocycles. The number of methoxy groups -OCH3 is 1. The lowest BCUT2D eigenvalue weighted by Gasteiger charge is -2.15. The number of hydrogen-bond acceptors (Lipinski definition) is 2. The minimum atomic E-state index is -0.159. The van der Waals surface area contributed by atoms with Crippen LogP contribution >= 0.6 is 11.6 Å². The average Bonchev–Trinajstić information content (AvgIpc) is 2.79. The molecule has 1 N–H and O–H groups in total. The molecule has 3 nitrogen and oxygen atoms in total. The Hall–Kier alpha value is -2.00. The van der Waals surface area contributed by atoms with Gasteiger partial charge in [0.15, 0.2) is 0 Å². The Labute approximate surface area is 141 Å². The number of hydrogen-bond donors (Lipinski definition) is 1. The van der Waals surface area contributed by atoms with Gasteiger partial charge in [-0.15, -0.1) is 0 Å². The highest BCUT2D eigenvalue weighted by Crippen LogP contribution is 2.32. The number of nitrogens with one attached hydrogen (secondary N) is 1. The summed E-state index contributed by atoms with van der Waals surface area (Å²) in [4.78, 5) is 12.4. The van der Waals surface area contributed by atoms with E-state index >= 15 is 0 Å². The van der Waals surface area contributed by atoms with Crippen molar-refractivity contribution >= 4 is 23.2 Å². The fourth-order valence-electron chi connectivity index (χ4n) is 3.00. The van der Waals surface area contributed by atoms with Gasteiger partial charge in [0.05, 0.1) is 12.8 Å². The van der Waals surface area contributed by atoms with Crippen molar-refractivity contribution in [3.8, 4) is 5.75 Å². The molecule has 2 aromatic rings. The summed E-state index contributed by atoms with van der Waals surface area (Å²) in [6.45, 7) is 0. The molecule has 0 saturated heterocycles. The zero-order valence-electron chi connectivity index (χ0n) is 13.2. The summed E-state index contributed by atoms with van der Waals surface area (Å²) in [5.41, 5.74) is 3.96. The number of fused-ring (bicyclic) bond motifs is 1. The Morgan fingerprint density at radius 3 is 2.35 bits per heavy atom. The Morgan fingerprint density at radius 2 is 1.70 bits per heavy atom. The number of anilines is 1. The molecule has 23 heavy (non-hydrogen) atoms. The first-order valence-electron chi connectivity index (χ1n) is 7.94. The third-order valence-corrected chi connectivity index (χ3v) is 4.52. The van der Waals surface area contributed by atoms with Crippen molar-refractivity contribution in [2.24, 2.45) is 0 Å². The molecule has 0 aromatic heterocycles. The van der Waals surface area contributed by atoms with Crippen LogP contribution in [0.3, 0.4) is 0 Å². The van der Waals surface area contributed by atoms with Gasteiger partial charge in [0.1, 0.15) is 5.75 Å². The van der Waals surface area contributed by atoms with E-state index in [-0.39, 0.29) is 5.91 Å². The van der Waals surface area contributed by atoms with Gasteiger partial charge in [-0.2, -0.15) is 0 Å². The third kappa shape index (κ3) is 3.67. The lowest BCUT2D eigenvalue weighted by molar-refractivity contribution is 0.102. The van der Waals surface area contributed by atoms with Gasteiger partial charge in [0.2, 0.25) is 0 Å². The molecule has 0 aliphatic heterocycles. The van der Waals surface area contributed by atoms with Crippen LogP contribution in [0, 0.1) is 0 Å². The average molecular weight is 330 g/mol. The van der Waals surface area contributed by atoms with Crippen molar-refractivity contribution in [3.63, 3.8) is 0 Å². The molecular weight excluding hydrogens is 310 g/mol. The van der Waals surface area contributed by atoms with E-state index < -0.39 is 0 Å². The molecule has 2 aromatic carbocycles. The zero-order chi connectivity index (χ0) is 16.2. The van der Waals surface area contributed by atoms with Crippen LogP contribution < -0.4 is 10.1 Å². The maximum Gasteiger partial charge on any atom is 0.255 e. The van der Waals surface area contributed by atoms with E-state index in [0.717, 1.165) is 18.5 Å². The summed E-state index contributed by atoms with van der Waals surface area (Å²) in [7, 11) is 1.64. The molecule has 3 rings (SSSR count). The Bertz CT molecular complexity index is 710. The van der Waals surface area contributed by atoms with Crippen molar-refractivity contribution in [3.05, 3.63) is 58.1 Å². The topological polar surface area (TPSA) is 38.3 Å². The third-order valence-electron chi connectivity index (χ3n) is 4.27. The van der Waals surface area contributed by atoms with Crippen molar-refractivity contribution in [2.75, 3.05) is 12.4 Å². The highest BCUT2D eigenvalue weighted by molar-refractivity contribution is 6.30. The molecule has 1 amide bonds. The molecule has 0 saturated carbocycles. The van der Waals surface area contributed by atoms with Gasteiger partial charge >= 0.3 is 0 Å². The van der Waals surface area contributed by atoms with Gasteiger partial charge in [-0.05, 0) is 73.2 Å². The van der Waals surface area contributed by atoms with E-state index in [1.165, 1.54) is 30.4 Å². The van der Waals surface area contributed by atoms with Crippen LogP contribution in [0.1, 0.15) is 40.7 Å². The monoisotopic (exact) mass is 329 g/mol. The van der Waals surface area contributed by atoms with Crippen molar-refractivity contribution in [2.45, 2.75) is 32.1 Å². The quantitative estimate of drug-likeness (QED) is 0.816. The SMILES string of the molecule is COc1cc2c(cc1NC(=O)c1ccc(Cl)cc1)CCCCC2. The Balaban J connectivity index is 1.88. The standard InChI is InChI=1S/C19H20ClNO2/c1-23-18-12-15-6-4-2-3-5-14(15)11-17(18)21-19(22)13-7-9-16(20)10-8-13/h7-12H,2-6H2,1H3,(H,21,22). The predicted octanol–water partition coefficient (Wildman–Crippen LogP) is 4.87. The molecule has 4 heteroatoms. The Kier molecular flexibility index (Phi) is 4.87. The molecule has 0 bridgehead atoms. The normalized spacial score (nSPS) is 13.8. The van der Waals surface area contributed by atoms with Crippen LogP contribution in [0.4, 0.5) is 5.69 Å². The number of ether oxygens (including phenoxy) is 1. The first-order chi connectivity index (χ1) is 11.2. The number of amides is 1. The van der Waals surface area contributed by atoms with Crippen LogP contribution in [0.5, 0.6) is 5.75 Å². The van der Waals surface area contributed by atoms with Gasteiger partial charge < -0.3 is 10.1 Å². The molecule has 1 aliphatic carbocycles. The number of aryl methyl sites for hydroxylation is 2. The maximum absolute atomic E-state index is 12.4. The van der Waals surface area contributed by atoms with Crippen molar-refractivity contribution in [1.29, 1.82) is 0 Å². The summed E-state index contributed by atoms with van der Waals surface area (Å²) in [5.74, 6) is 0.557. The summed E-state index contributed by atoms with van der Waals surface area (Å²) in [6, 6.07) is 11.0. The number of halogens is 1. The molecular formula is C19H20ClNO2. The number of carbonyl (C=O) groups is 1. The van der Waals surface area contributed by atoms with E-state index in [2.05, 4.69) is 17.4 Å².